The van der Waals surface area contributed by atoms with Gasteiger partial charge in [-0.2, -0.15) is 13.2 Å². The molecule has 0 unspecified atom stereocenters. The number of nitrogens with zero attached hydrogens (tertiary/aromatic N) is 1. The molecular formula is C21H27F3INSi. The summed E-state index contributed by atoms with van der Waals surface area (Å²) in [6.07, 6.45) is -2.30. The number of benzene rings is 2. The van der Waals surface area contributed by atoms with Crippen molar-refractivity contribution in [2.45, 2.75) is 44.8 Å². The maximum absolute atomic E-state index is 12.9. The molecule has 0 radical (unpaired) electrons. The Bertz CT molecular complexity index is 783. The molecule has 2 aromatic carbocycles. The normalized spacial score (nSPS) is 22.7. The fourth-order valence-corrected chi connectivity index (χ4v) is 6.96. The maximum Gasteiger partial charge on any atom is 0.416 e. The molecule has 0 spiro atoms. The SMILES string of the molecule is C[N@+]1(C[Si](C)(C)C)Cc2ccccc2C[C@@H]1c1ccc(C(F)(F)F)cc1.[I-]. The molecule has 1 aliphatic rings. The number of hydrogen-bond acceptors (Lipinski definition) is 0. The van der Waals surface area contributed by atoms with Crippen molar-refractivity contribution in [3.05, 3.63) is 70.8 Å². The van der Waals surface area contributed by atoms with Crippen molar-refractivity contribution in [2.75, 3.05) is 13.2 Å². The molecule has 6 heteroatoms. The molecule has 1 aliphatic heterocycles. The first-order valence-corrected chi connectivity index (χ1v) is 12.8. The first-order valence-electron chi connectivity index (χ1n) is 9.06. The number of fused-ring (bicyclic) bond motifs is 1. The molecule has 1 nitrogen and oxygen atoms in total. The predicted molar refractivity (Wildman–Crippen MR) is 102 cm³/mol. The lowest BCUT2D eigenvalue weighted by atomic mass is 9.88. The molecular weight excluding hydrogens is 478 g/mol. The lowest BCUT2D eigenvalue weighted by molar-refractivity contribution is -0.945. The van der Waals surface area contributed by atoms with E-state index in [9.17, 15) is 13.2 Å². The summed E-state index contributed by atoms with van der Waals surface area (Å²) in [4.78, 5) is 0. The molecule has 27 heavy (non-hydrogen) atoms. The van der Waals surface area contributed by atoms with Crippen LogP contribution in [-0.2, 0) is 19.1 Å². The van der Waals surface area contributed by atoms with Gasteiger partial charge >= 0.3 is 6.18 Å². The van der Waals surface area contributed by atoms with Crippen LogP contribution in [0.15, 0.2) is 48.5 Å². The molecule has 0 amide bonds. The van der Waals surface area contributed by atoms with Gasteiger partial charge < -0.3 is 28.5 Å². The minimum Gasteiger partial charge on any atom is -1.00 e. The van der Waals surface area contributed by atoms with E-state index < -0.39 is 19.8 Å². The topological polar surface area (TPSA) is 0 Å². The Morgan fingerprint density at radius 3 is 2.04 bits per heavy atom. The van der Waals surface area contributed by atoms with E-state index in [0.717, 1.165) is 29.2 Å². The molecule has 0 saturated heterocycles. The molecule has 0 aromatic heterocycles. The van der Waals surface area contributed by atoms with Crippen LogP contribution in [0.1, 0.15) is 28.3 Å². The number of likely N-dealkylation sites (N-methyl/N-ethyl adjacent to an activating group) is 1. The van der Waals surface area contributed by atoms with E-state index in [-0.39, 0.29) is 30.0 Å². The van der Waals surface area contributed by atoms with Crippen molar-refractivity contribution in [3.63, 3.8) is 0 Å². The lowest BCUT2D eigenvalue weighted by Crippen LogP contribution is -3.00. The molecule has 0 saturated carbocycles. The number of alkyl halides is 3. The highest BCUT2D eigenvalue weighted by atomic mass is 127. The zero-order valence-electron chi connectivity index (χ0n) is 16.3. The zero-order chi connectivity index (χ0) is 19.2. The summed E-state index contributed by atoms with van der Waals surface area (Å²) in [5.74, 6) is 0. The van der Waals surface area contributed by atoms with Gasteiger partial charge in [-0.25, -0.2) is 0 Å². The van der Waals surface area contributed by atoms with Gasteiger partial charge in [-0.05, 0) is 17.7 Å². The molecule has 148 valence electrons. The van der Waals surface area contributed by atoms with E-state index in [1.54, 1.807) is 12.1 Å². The first kappa shape index (κ1) is 22.4. The first-order chi connectivity index (χ1) is 12.0. The van der Waals surface area contributed by atoms with Crippen molar-refractivity contribution in [3.8, 4) is 0 Å². The average molecular weight is 505 g/mol. The molecule has 0 fully saturated rings. The Morgan fingerprint density at radius 2 is 1.52 bits per heavy atom. The predicted octanol–water partition coefficient (Wildman–Crippen LogP) is 2.83. The number of rotatable bonds is 3. The van der Waals surface area contributed by atoms with Crippen LogP contribution >= 0.6 is 0 Å². The minimum atomic E-state index is -4.28. The molecule has 1 heterocycles. The molecule has 3 rings (SSSR count). The van der Waals surface area contributed by atoms with E-state index >= 15 is 0 Å². The quantitative estimate of drug-likeness (QED) is 0.342. The average Bonchev–Trinajstić information content (AvgIpc) is 2.51. The van der Waals surface area contributed by atoms with E-state index in [4.69, 9.17) is 0 Å². The van der Waals surface area contributed by atoms with Crippen molar-refractivity contribution < 1.29 is 41.6 Å². The Hall–Kier alpha value is -0.863. The van der Waals surface area contributed by atoms with Crippen LogP contribution in [0.5, 0.6) is 0 Å². The van der Waals surface area contributed by atoms with Crippen LogP contribution in [0.25, 0.3) is 0 Å². The third kappa shape index (κ3) is 5.15. The monoisotopic (exact) mass is 505 g/mol. The molecule has 2 aromatic rings. The summed E-state index contributed by atoms with van der Waals surface area (Å²) in [7, 11) is 0.913. The lowest BCUT2D eigenvalue weighted by Gasteiger charge is -2.48. The van der Waals surface area contributed by atoms with Crippen molar-refractivity contribution in [2.24, 2.45) is 0 Å². The molecule has 0 N–H and O–H groups in total. The standard InChI is InChI=1S/C21H27F3NSi.HI/c1-25(15-26(2,3)4)14-18-8-6-5-7-17(18)13-20(25)16-9-11-19(12-10-16)21(22,23)24;/h5-12,20H,13-15H2,1-4H3;1H/q+1;/p-1/t20-,25-;/m1./s1. The Labute approximate surface area is 178 Å². The van der Waals surface area contributed by atoms with Gasteiger partial charge in [0.1, 0.15) is 20.7 Å². The van der Waals surface area contributed by atoms with Gasteiger partial charge in [0.05, 0.1) is 18.8 Å². The second-order valence-electron chi connectivity index (χ2n) is 8.96. The third-order valence-electron chi connectivity index (χ3n) is 5.27. The molecule has 0 aliphatic carbocycles. The van der Waals surface area contributed by atoms with Crippen molar-refractivity contribution >= 4 is 8.07 Å². The third-order valence-corrected chi connectivity index (χ3v) is 6.95. The highest BCUT2D eigenvalue weighted by Crippen LogP contribution is 2.40. The van der Waals surface area contributed by atoms with Crippen LogP contribution in [-0.4, -0.2) is 25.8 Å². The Morgan fingerprint density at radius 1 is 0.963 bits per heavy atom. The number of quaternary nitrogens is 1. The largest absolute Gasteiger partial charge is 1.00 e. The van der Waals surface area contributed by atoms with Crippen LogP contribution < -0.4 is 24.0 Å². The van der Waals surface area contributed by atoms with Crippen LogP contribution in [0.3, 0.4) is 0 Å². The summed E-state index contributed by atoms with van der Waals surface area (Å²) >= 11 is 0. The van der Waals surface area contributed by atoms with Gasteiger partial charge in [-0.3, -0.25) is 0 Å². The van der Waals surface area contributed by atoms with Gasteiger partial charge in [-0.1, -0.05) is 56.0 Å². The highest BCUT2D eigenvalue weighted by Gasteiger charge is 2.42. The fraction of sp³-hybridized carbons (Fsp3) is 0.429. The molecule has 0 bridgehead atoms. The van der Waals surface area contributed by atoms with Crippen molar-refractivity contribution in [1.29, 1.82) is 0 Å². The maximum atomic E-state index is 12.9. The van der Waals surface area contributed by atoms with E-state index in [0.29, 0.717) is 0 Å². The summed E-state index contributed by atoms with van der Waals surface area (Å²) < 4.78 is 39.7. The summed E-state index contributed by atoms with van der Waals surface area (Å²) in [6, 6.07) is 14.5. The number of halogens is 4. The van der Waals surface area contributed by atoms with Crippen LogP contribution in [0.2, 0.25) is 19.6 Å². The summed E-state index contributed by atoms with van der Waals surface area (Å²) in [5.41, 5.74) is 3.13. The highest BCUT2D eigenvalue weighted by molar-refractivity contribution is 6.76. The summed E-state index contributed by atoms with van der Waals surface area (Å²) in [5, 5.41) is 0. The summed E-state index contributed by atoms with van der Waals surface area (Å²) in [6.45, 7) is 8.02. The Balaban J connectivity index is 0.00000261. The van der Waals surface area contributed by atoms with E-state index in [1.165, 1.54) is 23.3 Å². The second-order valence-corrected chi connectivity index (χ2v) is 14.4. The van der Waals surface area contributed by atoms with Crippen LogP contribution in [0, 0.1) is 0 Å². The van der Waals surface area contributed by atoms with E-state index in [1.807, 2.05) is 0 Å². The molecule has 2 atom stereocenters. The van der Waals surface area contributed by atoms with Gasteiger partial charge in [0, 0.05) is 17.5 Å². The van der Waals surface area contributed by atoms with Gasteiger partial charge in [-0.15, -0.1) is 0 Å². The van der Waals surface area contributed by atoms with Gasteiger partial charge in [0.2, 0.25) is 0 Å². The second kappa shape index (κ2) is 7.87. The zero-order valence-corrected chi connectivity index (χ0v) is 19.4. The van der Waals surface area contributed by atoms with Gasteiger partial charge in [0.15, 0.2) is 0 Å². The smallest absolute Gasteiger partial charge is 0.416 e. The van der Waals surface area contributed by atoms with Gasteiger partial charge in [0.25, 0.3) is 0 Å². The Kier molecular flexibility index (Phi) is 6.54. The van der Waals surface area contributed by atoms with Crippen LogP contribution in [0.4, 0.5) is 13.2 Å². The number of hydrogen-bond donors (Lipinski definition) is 0. The fourth-order valence-electron chi connectivity index (χ4n) is 4.46. The minimum absolute atomic E-state index is 0. The van der Waals surface area contributed by atoms with Crippen molar-refractivity contribution in [1.82, 2.24) is 0 Å². The van der Waals surface area contributed by atoms with E-state index in [2.05, 4.69) is 51.0 Å².